The fourth-order valence-corrected chi connectivity index (χ4v) is 3.62. The molecule has 0 fully saturated rings. The van der Waals surface area contributed by atoms with Crippen molar-refractivity contribution in [2.24, 2.45) is 0 Å². The number of nitro benzene ring substituents is 1. The van der Waals surface area contributed by atoms with E-state index in [0.717, 1.165) is 10.2 Å². The maximum atomic E-state index is 11.2. The van der Waals surface area contributed by atoms with Crippen molar-refractivity contribution in [2.45, 2.75) is 0 Å². The van der Waals surface area contributed by atoms with Crippen LogP contribution in [0, 0.1) is 21.4 Å². The summed E-state index contributed by atoms with van der Waals surface area (Å²) in [6.45, 7) is 0. The molecule has 4 rings (SSSR count). The van der Waals surface area contributed by atoms with Gasteiger partial charge in [-0.25, -0.2) is 4.98 Å². The first-order chi connectivity index (χ1) is 13.2. The van der Waals surface area contributed by atoms with Crippen molar-refractivity contribution in [3.8, 4) is 17.4 Å². The monoisotopic (exact) mass is 373 g/mol. The molecule has 0 amide bonds. The van der Waals surface area contributed by atoms with E-state index in [4.69, 9.17) is 4.42 Å². The Labute approximate surface area is 157 Å². The van der Waals surface area contributed by atoms with Crippen LogP contribution >= 0.6 is 11.3 Å². The van der Waals surface area contributed by atoms with Crippen molar-refractivity contribution < 1.29 is 9.34 Å². The summed E-state index contributed by atoms with van der Waals surface area (Å²) in [5.41, 5.74) is 1.56. The van der Waals surface area contributed by atoms with Gasteiger partial charge in [-0.2, -0.15) is 5.26 Å². The number of nitro groups is 1. The van der Waals surface area contributed by atoms with Crippen LogP contribution in [0.15, 0.2) is 65.1 Å². The minimum atomic E-state index is -0.449. The predicted octanol–water partition coefficient (Wildman–Crippen LogP) is 5.53. The van der Waals surface area contributed by atoms with Crippen molar-refractivity contribution >= 4 is 38.9 Å². The Hall–Kier alpha value is -3.76. The van der Waals surface area contributed by atoms with Gasteiger partial charge in [-0.1, -0.05) is 24.3 Å². The molecule has 0 aliphatic carbocycles. The van der Waals surface area contributed by atoms with Crippen LogP contribution < -0.4 is 0 Å². The third-order valence-electron chi connectivity index (χ3n) is 3.92. The van der Waals surface area contributed by atoms with Crippen LogP contribution in [0.25, 0.3) is 33.2 Å². The number of thiazole rings is 1. The average molecular weight is 373 g/mol. The van der Waals surface area contributed by atoms with E-state index in [1.54, 1.807) is 36.4 Å². The second-order valence-corrected chi connectivity index (χ2v) is 6.66. The molecule has 0 atom stereocenters. The molecule has 6 nitrogen and oxygen atoms in total. The Kier molecular flexibility index (Phi) is 4.24. The second kappa shape index (κ2) is 6.86. The SMILES string of the molecule is N#C/C(=C/c1ccc(-c2ccccc2[N+](=O)[O-])o1)c1nc2ccccc2s1. The van der Waals surface area contributed by atoms with Crippen LogP contribution in [-0.4, -0.2) is 9.91 Å². The highest BCUT2D eigenvalue weighted by Gasteiger charge is 2.17. The van der Waals surface area contributed by atoms with Crippen LogP contribution in [0.2, 0.25) is 0 Å². The van der Waals surface area contributed by atoms with E-state index in [2.05, 4.69) is 11.1 Å². The minimum Gasteiger partial charge on any atom is -0.456 e. The molecular weight excluding hydrogens is 362 g/mol. The van der Waals surface area contributed by atoms with Gasteiger partial charge in [0.2, 0.25) is 0 Å². The Morgan fingerprint density at radius 1 is 1.15 bits per heavy atom. The number of rotatable bonds is 4. The highest BCUT2D eigenvalue weighted by Crippen LogP contribution is 2.33. The lowest BCUT2D eigenvalue weighted by molar-refractivity contribution is -0.384. The van der Waals surface area contributed by atoms with E-state index >= 15 is 0 Å². The summed E-state index contributed by atoms with van der Waals surface area (Å²) in [6.07, 6.45) is 1.59. The lowest BCUT2D eigenvalue weighted by Crippen LogP contribution is -1.90. The number of allylic oxidation sites excluding steroid dienone is 1. The Morgan fingerprint density at radius 3 is 2.70 bits per heavy atom. The molecule has 0 saturated heterocycles. The zero-order valence-electron chi connectivity index (χ0n) is 13.8. The van der Waals surface area contributed by atoms with Gasteiger partial charge < -0.3 is 4.42 Å². The summed E-state index contributed by atoms with van der Waals surface area (Å²) in [7, 11) is 0. The number of hydrogen-bond acceptors (Lipinski definition) is 6. The van der Waals surface area contributed by atoms with E-state index < -0.39 is 4.92 Å². The van der Waals surface area contributed by atoms with Crippen LogP contribution in [0.1, 0.15) is 10.8 Å². The summed E-state index contributed by atoms with van der Waals surface area (Å²) < 4.78 is 6.73. The van der Waals surface area contributed by atoms with E-state index in [0.29, 0.717) is 27.7 Å². The van der Waals surface area contributed by atoms with E-state index in [-0.39, 0.29) is 5.69 Å². The maximum Gasteiger partial charge on any atom is 0.280 e. The summed E-state index contributed by atoms with van der Waals surface area (Å²) in [5.74, 6) is 0.800. The number of para-hydroxylation sites is 2. The number of fused-ring (bicyclic) bond motifs is 1. The average Bonchev–Trinajstić information content (AvgIpc) is 3.32. The zero-order valence-corrected chi connectivity index (χ0v) is 14.6. The van der Waals surface area contributed by atoms with Crippen LogP contribution in [0.3, 0.4) is 0 Å². The van der Waals surface area contributed by atoms with E-state index in [9.17, 15) is 15.4 Å². The van der Waals surface area contributed by atoms with Gasteiger partial charge in [-0.05, 0) is 30.3 Å². The summed E-state index contributed by atoms with van der Waals surface area (Å²) in [5, 5.41) is 21.3. The highest BCUT2D eigenvalue weighted by atomic mass is 32.1. The maximum absolute atomic E-state index is 11.2. The third kappa shape index (κ3) is 3.21. The fourth-order valence-electron chi connectivity index (χ4n) is 2.69. The molecule has 4 aromatic rings. The van der Waals surface area contributed by atoms with Gasteiger partial charge in [-0.15, -0.1) is 11.3 Å². The molecule has 2 aromatic heterocycles. The van der Waals surface area contributed by atoms with Crippen molar-refractivity contribution in [3.63, 3.8) is 0 Å². The lowest BCUT2D eigenvalue weighted by atomic mass is 10.1. The third-order valence-corrected chi connectivity index (χ3v) is 4.99. The molecule has 0 radical (unpaired) electrons. The van der Waals surface area contributed by atoms with Gasteiger partial charge in [0, 0.05) is 12.1 Å². The first-order valence-corrected chi connectivity index (χ1v) is 8.79. The van der Waals surface area contributed by atoms with Gasteiger partial charge in [0.1, 0.15) is 22.6 Å². The molecule has 130 valence electrons. The molecule has 0 saturated carbocycles. The molecule has 0 unspecified atom stereocenters. The molecule has 0 spiro atoms. The molecule has 2 heterocycles. The molecular formula is C20H11N3O3S. The lowest BCUT2D eigenvalue weighted by Gasteiger charge is -1.98. The molecule has 2 aromatic carbocycles. The quantitative estimate of drug-likeness (QED) is 0.266. The molecule has 7 heteroatoms. The van der Waals surface area contributed by atoms with Crippen LogP contribution in [0.5, 0.6) is 0 Å². The molecule has 27 heavy (non-hydrogen) atoms. The number of furan rings is 1. The van der Waals surface area contributed by atoms with Gasteiger partial charge in [-0.3, -0.25) is 10.1 Å². The number of nitriles is 1. The van der Waals surface area contributed by atoms with Crippen LogP contribution in [-0.2, 0) is 0 Å². The standard InChI is InChI=1S/C20H11N3O3S/c21-12-13(20-22-16-6-2-4-8-19(16)27-20)11-14-9-10-18(26-14)15-5-1-3-7-17(15)23(24)25/h1-11H/b13-11-. The van der Waals surface area contributed by atoms with Crippen molar-refractivity contribution in [1.29, 1.82) is 5.26 Å². The molecule has 0 aliphatic heterocycles. The topological polar surface area (TPSA) is 93.0 Å². The summed E-state index contributed by atoms with van der Waals surface area (Å²) >= 11 is 1.43. The number of nitrogens with zero attached hydrogens (tertiary/aromatic N) is 3. The number of hydrogen-bond donors (Lipinski definition) is 0. The van der Waals surface area contributed by atoms with Crippen molar-refractivity contribution in [2.75, 3.05) is 0 Å². The van der Waals surface area contributed by atoms with Crippen molar-refractivity contribution in [3.05, 3.63) is 81.5 Å². The molecule has 0 aliphatic rings. The zero-order chi connectivity index (χ0) is 18.8. The van der Waals surface area contributed by atoms with Crippen molar-refractivity contribution in [1.82, 2.24) is 4.98 Å². The second-order valence-electron chi connectivity index (χ2n) is 5.63. The van der Waals surface area contributed by atoms with Gasteiger partial charge in [0.25, 0.3) is 5.69 Å². The molecule has 0 N–H and O–H groups in total. The Balaban J connectivity index is 1.72. The highest BCUT2D eigenvalue weighted by molar-refractivity contribution is 7.19. The number of aromatic nitrogens is 1. The molecule has 0 bridgehead atoms. The van der Waals surface area contributed by atoms with Gasteiger partial charge in [0.05, 0.1) is 26.3 Å². The van der Waals surface area contributed by atoms with E-state index in [1.807, 2.05) is 24.3 Å². The van der Waals surface area contributed by atoms with E-state index in [1.165, 1.54) is 17.4 Å². The largest absolute Gasteiger partial charge is 0.456 e. The number of benzene rings is 2. The normalized spacial score (nSPS) is 11.4. The van der Waals surface area contributed by atoms with Crippen LogP contribution in [0.4, 0.5) is 5.69 Å². The summed E-state index contributed by atoms with van der Waals surface area (Å²) in [4.78, 5) is 15.2. The fraction of sp³-hybridized carbons (Fsp3) is 0. The Morgan fingerprint density at radius 2 is 1.93 bits per heavy atom. The summed E-state index contributed by atoms with van der Waals surface area (Å²) in [6, 6.07) is 19.5. The predicted molar refractivity (Wildman–Crippen MR) is 104 cm³/mol. The van der Waals surface area contributed by atoms with Gasteiger partial charge in [0.15, 0.2) is 0 Å². The van der Waals surface area contributed by atoms with Gasteiger partial charge >= 0.3 is 0 Å². The first-order valence-electron chi connectivity index (χ1n) is 7.97. The Bertz CT molecular complexity index is 1200. The minimum absolute atomic E-state index is 0.0333. The smallest absolute Gasteiger partial charge is 0.280 e. The first kappa shape index (κ1) is 16.7.